The molecular formula is C19H25N2O3+. The van der Waals surface area contributed by atoms with Gasteiger partial charge in [0.15, 0.2) is 0 Å². The minimum absolute atomic E-state index is 0.00201. The summed E-state index contributed by atoms with van der Waals surface area (Å²) in [5.41, 5.74) is 5.35. The smallest absolute Gasteiger partial charge is 0.220 e. The van der Waals surface area contributed by atoms with Crippen LogP contribution in [0.1, 0.15) is 12.8 Å². The van der Waals surface area contributed by atoms with Crippen molar-refractivity contribution in [2.45, 2.75) is 18.9 Å². The van der Waals surface area contributed by atoms with Gasteiger partial charge in [-0.1, -0.05) is 36.4 Å². The topological polar surface area (TPSA) is 77.0 Å². The molecule has 1 amide bonds. The number of fused-ring (bicyclic) bond motifs is 1. The van der Waals surface area contributed by atoms with Gasteiger partial charge in [-0.05, 0) is 11.5 Å². The lowest BCUT2D eigenvalue weighted by molar-refractivity contribution is -0.908. The number of primary amides is 1. The summed E-state index contributed by atoms with van der Waals surface area (Å²) < 4.78 is 5.84. The van der Waals surface area contributed by atoms with Crippen molar-refractivity contribution in [3.8, 4) is 5.75 Å². The number of piperidine rings is 1. The lowest BCUT2D eigenvalue weighted by Crippen LogP contribution is -3.14. The van der Waals surface area contributed by atoms with E-state index in [4.69, 9.17) is 10.5 Å². The van der Waals surface area contributed by atoms with Crippen molar-refractivity contribution in [1.29, 1.82) is 0 Å². The van der Waals surface area contributed by atoms with Crippen LogP contribution in [0.4, 0.5) is 0 Å². The molecule has 0 radical (unpaired) electrons. The van der Waals surface area contributed by atoms with Crippen molar-refractivity contribution < 1.29 is 19.5 Å². The Morgan fingerprint density at radius 1 is 1.21 bits per heavy atom. The highest BCUT2D eigenvalue weighted by Gasteiger charge is 2.27. The zero-order valence-electron chi connectivity index (χ0n) is 13.8. The number of likely N-dealkylation sites (tertiary alicyclic amines) is 1. The fraction of sp³-hybridized carbons (Fsp3) is 0.421. The molecule has 0 aromatic heterocycles. The van der Waals surface area contributed by atoms with E-state index in [0.717, 1.165) is 42.5 Å². The number of quaternary nitrogens is 1. The number of nitrogens with two attached hydrogens (primary N) is 1. The van der Waals surface area contributed by atoms with E-state index in [1.165, 1.54) is 4.90 Å². The van der Waals surface area contributed by atoms with Crippen LogP contribution in [0, 0.1) is 5.92 Å². The van der Waals surface area contributed by atoms with Gasteiger partial charge in [-0.3, -0.25) is 4.79 Å². The van der Waals surface area contributed by atoms with Crippen molar-refractivity contribution in [3.05, 3.63) is 42.5 Å². The van der Waals surface area contributed by atoms with Crippen LogP contribution in [0.3, 0.4) is 0 Å². The maximum Gasteiger partial charge on any atom is 0.220 e. The number of hydrogen-bond acceptors (Lipinski definition) is 3. The maximum atomic E-state index is 11.2. The third-order valence-corrected chi connectivity index (χ3v) is 4.80. The molecule has 3 rings (SSSR count). The quantitative estimate of drug-likeness (QED) is 0.716. The Bertz CT molecular complexity index is 691. The molecule has 2 aromatic carbocycles. The number of nitrogens with one attached hydrogen (secondary N) is 1. The van der Waals surface area contributed by atoms with Crippen LogP contribution in [0.2, 0.25) is 0 Å². The number of aliphatic hydroxyl groups is 1. The first kappa shape index (κ1) is 16.7. The molecule has 1 aliphatic rings. The lowest BCUT2D eigenvalue weighted by Gasteiger charge is -2.29. The van der Waals surface area contributed by atoms with Crippen LogP contribution in [0.5, 0.6) is 5.75 Å². The van der Waals surface area contributed by atoms with Gasteiger partial charge < -0.3 is 20.5 Å². The number of hydrogen-bond donors (Lipinski definition) is 3. The van der Waals surface area contributed by atoms with Crippen LogP contribution in [0.25, 0.3) is 10.8 Å². The lowest BCUT2D eigenvalue weighted by atomic mass is 9.96. The fourth-order valence-corrected chi connectivity index (χ4v) is 3.41. The molecule has 0 bridgehead atoms. The van der Waals surface area contributed by atoms with Gasteiger partial charge in [0.2, 0.25) is 5.91 Å². The highest BCUT2D eigenvalue weighted by atomic mass is 16.5. The summed E-state index contributed by atoms with van der Waals surface area (Å²) >= 11 is 0. The van der Waals surface area contributed by atoms with Gasteiger partial charge in [-0.15, -0.1) is 0 Å². The molecule has 1 fully saturated rings. The second-order valence-electron chi connectivity index (χ2n) is 6.57. The standard InChI is InChI=1S/C19H24N2O3/c20-19(23)15-8-10-21(11-9-15)12-16(22)13-24-18-7-3-5-14-4-1-2-6-17(14)18/h1-7,15-16,22H,8-13H2,(H2,20,23)/p+1/t16-/m0/s1. The number of amides is 1. The second kappa shape index (κ2) is 7.64. The zero-order valence-corrected chi connectivity index (χ0v) is 13.8. The molecule has 0 saturated carbocycles. The predicted molar refractivity (Wildman–Crippen MR) is 92.9 cm³/mol. The summed E-state index contributed by atoms with van der Waals surface area (Å²) in [4.78, 5) is 12.5. The number of ether oxygens (including phenoxy) is 1. The van der Waals surface area contributed by atoms with Crippen LogP contribution in [0.15, 0.2) is 42.5 Å². The van der Waals surface area contributed by atoms with Crippen LogP contribution < -0.4 is 15.4 Å². The van der Waals surface area contributed by atoms with E-state index < -0.39 is 6.10 Å². The van der Waals surface area contributed by atoms with E-state index in [1.54, 1.807) is 0 Å². The monoisotopic (exact) mass is 329 g/mol. The number of carbonyl (C=O) groups is 1. The van der Waals surface area contributed by atoms with Crippen molar-refractivity contribution in [1.82, 2.24) is 0 Å². The second-order valence-corrected chi connectivity index (χ2v) is 6.57. The minimum atomic E-state index is -0.524. The van der Waals surface area contributed by atoms with Crippen LogP contribution >= 0.6 is 0 Å². The molecule has 128 valence electrons. The Morgan fingerprint density at radius 3 is 2.67 bits per heavy atom. The van der Waals surface area contributed by atoms with Gasteiger partial charge in [-0.2, -0.15) is 0 Å². The van der Waals surface area contributed by atoms with Gasteiger partial charge >= 0.3 is 0 Å². The van der Waals surface area contributed by atoms with Gasteiger partial charge in [-0.25, -0.2) is 0 Å². The van der Waals surface area contributed by atoms with Gasteiger partial charge in [0.25, 0.3) is 0 Å². The summed E-state index contributed by atoms with van der Waals surface area (Å²) in [6.45, 7) is 2.66. The van der Waals surface area contributed by atoms with E-state index in [0.29, 0.717) is 6.54 Å². The Balaban J connectivity index is 1.51. The number of aliphatic hydroxyl groups excluding tert-OH is 1. The van der Waals surface area contributed by atoms with Crippen LogP contribution in [-0.4, -0.2) is 43.4 Å². The molecule has 24 heavy (non-hydrogen) atoms. The van der Waals surface area contributed by atoms with Crippen molar-refractivity contribution in [2.24, 2.45) is 11.7 Å². The molecular weight excluding hydrogens is 304 g/mol. The fourth-order valence-electron chi connectivity index (χ4n) is 3.41. The van der Waals surface area contributed by atoms with Crippen LogP contribution in [-0.2, 0) is 4.79 Å². The maximum absolute atomic E-state index is 11.2. The molecule has 5 nitrogen and oxygen atoms in total. The van der Waals surface area contributed by atoms with Crippen molar-refractivity contribution in [3.63, 3.8) is 0 Å². The minimum Gasteiger partial charge on any atom is -0.490 e. The summed E-state index contributed by atoms with van der Waals surface area (Å²) in [6, 6.07) is 14.0. The average molecular weight is 329 g/mol. The molecule has 1 atom stereocenters. The summed E-state index contributed by atoms with van der Waals surface area (Å²) in [7, 11) is 0. The molecule has 0 unspecified atom stereocenters. The first-order valence-electron chi connectivity index (χ1n) is 8.55. The van der Waals surface area contributed by atoms with E-state index in [-0.39, 0.29) is 18.4 Å². The molecule has 2 aromatic rings. The largest absolute Gasteiger partial charge is 0.490 e. The summed E-state index contributed by atoms with van der Waals surface area (Å²) in [6.07, 6.45) is 1.09. The third kappa shape index (κ3) is 4.04. The van der Waals surface area contributed by atoms with E-state index in [9.17, 15) is 9.90 Å². The highest BCUT2D eigenvalue weighted by molar-refractivity contribution is 5.88. The Hall–Kier alpha value is -2.11. The van der Waals surface area contributed by atoms with E-state index >= 15 is 0 Å². The summed E-state index contributed by atoms with van der Waals surface area (Å²) in [5.74, 6) is 0.598. The number of carbonyl (C=O) groups excluding carboxylic acids is 1. The zero-order chi connectivity index (χ0) is 16.9. The van der Waals surface area contributed by atoms with E-state index in [1.807, 2.05) is 42.5 Å². The number of rotatable bonds is 6. The molecule has 5 heteroatoms. The summed E-state index contributed by atoms with van der Waals surface area (Å²) in [5, 5.41) is 12.5. The Morgan fingerprint density at radius 2 is 1.92 bits per heavy atom. The van der Waals surface area contributed by atoms with Gasteiger partial charge in [0, 0.05) is 24.1 Å². The van der Waals surface area contributed by atoms with Gasteiger partial charge in [0.05, 0.1) is 13.1 Å². The predicted octanol–water partition coefficient (Wildman–Crippen LogP) is 0.360. The average Bonchev–Trinajstić information content (AvgIpc) is 2.60. The molecule has 0 spiro atoms. The normalized spacial score (nSPS) is 22.2. The van der Waals surface area contributed by atoms with E-state index in [2.05, 4.69) is 0 Å². The van der Waals surface area contributed by atoms with Crippen molar-refractivity contribution >= 4 is 16.7 Å². The van der Waals surface area contributed by atoms with Crippen molar-refractivity contribution in [2.75, 3.05) is 26.2 Å². The first-order chi connectivity index (χ1) is 11.6. The Kier molecular flexibility index (Phi) is 5.33. The molecule has 1 saturated heterocycles. The highest BCUT2D eigenvalue weighted by Crippen LogP contribution is 2.25. The van der Waals surface area contributed by atoms with Gasteiger partial charge in [0.1, 0.15) is 25.0 Å². The first-order valence-corrected chi connectivity index (χ1v) is 8.55. The molecule has 1 aliphatic heterocycles. The molecule has 4 N–H and O–H groups in total. The Labute approximate surface area is 142 Å². The molecule has 1 heterocycles. The number of benzene rings is 2. The SMILES string of the molecule is NC(=O)C1CC[NH+](C[C@H](O)COc2cccc3ccccc23)CC1. The third-order valence-electron chi connectivity index (χ3n) is 4.80. The molecule has 0 aliphatic carbocycles.